The highest BCUT2D eigenvalue weighted by molar-refractivity contribution is 5.86. The van der Waals surface area contributed by atoms with E-state index in [2.05, 4.69) is 0 Å². The first-order valence-corrected chi connectivity index (χ1v) is 13.7. The molecule has 2 aliphatic rings. The molecule has 7 nitrogen and oxygen atoms in total. The van der Waals surface area contributed by atoms with Crippen LogP contribution in [0.5, 0.6) is 0 Å². The Morgan fingerprint density at radius 3 is 2.44 bits per heavy atom. The van der Waals surface area contributed by atoms with Crippen LogP contribution in [0.1, 0.15) is 43.2 Å². The number of nitrogens with zero attached hydrogens (tertiary/aromatic N) is 2. The number of cyclic esters (lactones) is 1. The number of esters is 1. The molecule has 2 aromatic rings. The molecule has 1 N–H and O–H groups in total. The maximum Gasteiger partial charge on any atom is 0.309 e. The third-order valence-electron chi connectivity index (χ3n) is 7.52. The van der Waals surface area contributed by atoms with Gasteiger partial charge in [0.05, 0.1) is 24.5 Å². The third-order valence-corrected chi connectivity index (χ3v) is 7.52. The highest BCUT2D eigenvalue weighted by atomic mass is 19.1. The van der Waals surface area contributed by atoms with E-state index in [1.54, 1.807) is 21.9 Å². The monoisotopic (exact) mass is 536 g/mol. The van der Waals surface area contributed by atoms with E-state index in [1.165, 1.54) is 12.1 Å². The van der Waals surface area contributed by atoms with Gasteiger partial charge in [0.2, 0.25) is 11.8 Å². The zero-order chi connectivity index (χ0) is 27.6. The lowest BCUT2D eigenvalue weighted by Gasteiger charge is -2.30. The van der Waals surface area contributed by atoms with E-state index >= 15 is 0 Å². The van der Waals surface area contributed by atoms with Crippen LogP contribution in [0.3, 0.4) is 0 Å². The molecule has 0 unspecified atom stereocenters. The molecule has 0 radical (unpaired) electrons. The molecule has 1 saturated heterocycles. The van der Waals surface area contributed by atoms with Crippen molar-refractivity contribution < 1.29 is 28.6 Å². The molecule has 3 atom stereocenters. The largest absolute Gasteiger partial charge is 0.463 e. The van der Waals surface area contributed by atoms with E-state index in [9.17, 15) is 23.9 Å². The number of ether oxygens (including phenoxy) is 1. The molecule has 0 bridgehead atoms. The van der Waals surface area contributed by atoms with Gasteiger partial charge in [0.15, 0.2) is 0 Å². The number of benzene rings is 2. The number of fused-ring (bicyclic) bond motifs is 1. The average Bonchev–Trinajstić information content (AvgIpc) is 3.41. The van der Waals surface area contributed by atoms with Crippen molar-refractivity contribution in [2.24, 2.45) is 11.8 Å². The van der Waals surface area contributed by atoms with Gasteiger partial charge in [-0.15, -0.1) is 0 Å². The maximum absolute atomic E-state index is 13.6. The summed E-state index contributed by atoms with van der Waals surface area (Å²) in [7, 11) is 0. The Morgan fingerprint density at radius 2 is 1.72 bits per heavy atom. The second-order valence-electron chi connectivity index (χ2n) is 10.4. The maximum atomic E-state index is 13.6. The number of aliphatic hydroxyl groups is 1. The van der Waals surface area contributed by atoms with Gasteiger partial charge in [-0.1, -0.05) is 54.6 Å². The minimum atomic E-state index is -0.544. The summed E-state index contributed by atoms with van der Waals surface area (Å²) in [5, 5.41) is 9.58. The van der Waals surface area contributed by atoms with Gasteiger partial charge in [0.1, 0.15) is 12.4 Å². The number of amides is 2. The minimum absolute atomic E-state index is 0.0397. The van der Waals surface area contributed by atoms with Crippen LogP contribution >= 0.6 is 0 Å². The average molecular weight is 537 g/mol. The van der Waals surface area contributed by atoms with Crippen molar-refractivity contribution in [2.45, 2.75) is 51.1 Å². The zero-order valence-corrected chi connectivity index (χ0v) is 22.2. The van der Waals surface area contributed by atoms with Crippen molar-refractivity contribution in [1.29, 1.82) is 0 Å². The summed E-state index contributed by atoms with van der Waals surface area (Å²) in [5.41, 5.74) is 1.81. The molecule has 2 aromatic carbocycles. The van der Waals surface area contributed by atoms with E-state index in [4.69, 9.17) is 4.74 Å². The van der Waals surface area contributed by atoms with Gasteiger partial charge in [0, 0.05) is 26.1 Å². The fourth-order valence-electron chi connectivity index (χ4n) is 5.35. The van der Waals surface area contributed by atoms with Gasteiger partial charge >= 0.3 is 5.97 Å². The smallest absolute Gasteiger partial charge is 0.309 e. The van der Waals surface area contributed by atoms with Gasteiger partial charge in [0.25, 0.3) is 0 Å². The number of carbonyl (C=O) groups excluding carboxylic acids is 3. The van der Waals surface area contributed by atoms with Crippen molar-refractivity contribution in [1.82, 2.24) is 9.80 Å². The zero-order valence-electron chi connectivity index (χ0n) is 22.2. The first kappa shape index (κ1) is 28.5. The summed E-state index contributed by atoms with van der Waals surface area (Å²) >= 11 is 0. The van der Waals surface area contributed by atoms with Crippen LogP contribution in [0.25, 0.3) is 0 Å². The lowest BCUT2D eigenvalue weighted by atomic mass is 9.94. The van der Waals surface area contributed by atoms with Crippen LogP contribution in [0.4, 0.5) is 4.39 Å². The summed E-state index contributed by atoms with van der Waals surface area (Å²) in [5.74, 6) is -1.90. The van der Waals surface area contributed by atoms with Crippen LogP contribution in [0.2, 0.25) is 0 Å². The van der Waals surface area contributed by atoms with E-state index in [-0.39, 0.29) is 55.8 Å². The Kier molecular flexibility index (Phi) is 10.3. The van der Waals surface area contributed by atoms with E-state index in [0.29, 0.717) is 32.4 Å². The second-order valence-corrected chi connectivity index (χ2v) is 10.4. The summed E-state index contributed by atoms with van der Waals surface area (Å²) in [6.45, 7) is 1.09. The number of carbonyl (C=O) groups is 3. The lowest BCUT2D eigenvalue weighted by Crippen LogP contribution is -2.44. The Bertz CT molecular complexity index is 1140. The van der Waals surface area contributed by atoms with E-state index in [0.717, 1.165) is 24.0 Å². The fourth-order valence-corrected chi connectivity index (χ4v) is 5.35. The van der Waals surface area contributed by atoms with Crippen LogP contribution in [0.15, 0.2) is 66.7 Å². The number of halogens is 1. The molecule has 0 spiro atoms. The van der Waals surface area contributed by atoms with Crippen molar-refractivity contribution in [3.63, 3.8) is 0 Å². The Morgan fingerprint density at radius 1 is 1.00 bits per heavy atom. The predicted octanol–water partition coefficient (Wildman–Crippen LogP) is 3.90. The number of allylic oxidation sites excluding steroid dienone is 2. The molecule has 1 fully saturated rings. The van der Waals surface area contributed by atoms with Crippen molar-refractivity contribution in [3.8, 4) is 0 Å². The molecular formula is C31H37FN2O5. The first-order chi connectivity index (χ1) is 18.9. The minimum Gasteiger partial charge on any atom is -0.463 e. The molecule has 2 heterocycles. The fraction of sp³-hybridized carbons (Fsp3) is 0.452. The van der Waals surface area contributed by atoms with Crippen LogP contribution in [0, 0.1) is 17.7 Å². The molecule has 0 aliphatic carbocycles. The van der Waals surface area contributed by atoms with Gasteiger partial charge in [-0.3, -0.25) is 14.4 Å². The van der Waals surface area contributed by atoms with Gasteiger partial charge in [-0.25, -0.2) is 4.39 Å². The number of hydrogen-bond acceptors (Lipinski definition) is 5. The van der Waals surface area contributed by atoms with Crippen LogP contribution < -0.4 is 0 Å². The highest BCUT2D eigenvalue weighted by Crippen LogP contribution is 2.26. The summed E-state index contributed by atoms with van der Waals surface area (Å²) in [6, 6.07) is 15.5. The first-order valence-electron chi connectivity index (χ1n) is 13.7. The highest BCUT2D eigenvalue weighted by Gasteiger charge is 2.35. The predicted molar refractivity (Wildman–Crippen MR) is 145 cm³/mol. The van der Waals surface area contributed by atoms with Gasteiger partial charge in [-0.2, -0.15) is 0 Å². The molecule has 8 heteroatoms. The van der Waals surface area contributed by atoms with Gasteiger partial charge < -0.3 is 19.6 Å². The quantitative estimate of drug-likeness (QED) is 0.409. The third kappa shape index (κ3) is 7.99. The molecule has 0 aromatic heterocycles. The summed E-state index contributed by atoms with van der Waals surface area (Å²) < 4.78 is 19.0. The Labute approximate surface area is 229 Å². The van der Waals surface area contributed by atoms with Crippen molar-refractivity contribution >= 4 is 17.8 Å². The molecule has 0 saturated carbocycles. The standard InChI is InChI=1S/C31H37FN2O5/c32-27-14-12-23(13-15-27)19-26-10-5-4-9-25(30(37)34-16-6-11-28(34)22-39-31(26)38)20-29(36)33(17-18-35)21-24-7-2-1-3-8-24/h1-5,7-8,12-15,25-26,28,35H,6,9-11,16-22H2/b5-4-/t25-,26+,28-/m1/s1. The molecule has 2 amide bonds. The lowest BCUT2D eigenvalue weighted by molar-refractivity contribution is -0.152. The number of aliphatic hydroxyl groups excluding tert-OH is 1. The summed E-state index contributed by atoms with van der Waals surface area (Å²) in [6.07, 6.45) is 6.57. The van der Waals surface area contributed by atoms with E-state index < -0.39 is 11.8 Å². The number of hydrogen-bond donors (Lipinski definition) is 1. The molecule has 39 heavy (non-hydrogen) atoms. The number of rotatable bonds is 8. The normalized spacial score (nSPS) is 22.8. The second kappa shape index (κ2) is 14.0. The topological polar surface area (TPSA) is 87.2 Å². The molecule has 208 valence electrons. The van der Waals surface area contributed by atoms with Gasteiger partial charge in [-0.05, 0) is 55.4 Å². The SMILES string of the molecule is O=C1OC[C@H]2CCCN2C(=O)[C@@H](CC(=O)N(CCO)Cc2ccccc2)C/C=C\C[C@H]1Cc1ccc(F)cc1. The summed E-state index contributed by atoms with van der Waals surface area (Å²) in [4.78, 5) is 43.3. The Hall–Kier alpha value is -3.52. The van der Waals surface area contributed by atoms with Crippen molar-refractivity contribution in [2.75, 3.05) is 26.3 Å². The van der Waals surface area contributed by atoms with Crippen LogP contribution in [-0.2, 0) is 32.1 Å². The molecular weight excluding hydrogens is 499 g/mol. The Balaban J connectivity index is 1.50. The molecule has 2 aliphatic heterocycles. The van der Waals surface area contributed by atoms with Crippen LogP contribution in [-0.4, -0.2) is 65.0 Å². The van der Waals surface area contributed by atoms with Crippen molar-refractivity contribution in [3.05, 3.63) is 83.7 Å². The molecule has 4 rings (SSSR count). The van der Waals surface area contributed by atoms with E-state index in [1.807, 2.05) is 42.5 Å².